The van der Waals surface area contributed by atoms with Crippen LogP contribution in [0.25, 0.3) is 0 Å². The van der Waals surface area contributed by atoms with Crippen molar-refractivity contribution in [1.29, 1.82) is 5.41 Å². The SMILES string of the molecule is N=C(N)NC(=O)NC1O[C@H](CO)[C@@H](O)[C@H]1O. The van der Waals surface area contributed by atoms with Gasteiger partial charge in [-0.3, -0.25) is 10.7 Å². The van der Waals surface area contributed by atoms with E-state index in [2.05, 4.69) is 5.32 Å². The molecule has 9 heteroatoms. The zero-order valence-corrected chi connectivity index (χ0v) is 8.25. The van der Waals surface area contributed by atoms with Gasteiger partial charge in [0.2, 0.25) is 0 Å². The van der Waals surface area contributed by atoms with Crippen LogP contribution in [0.5, 0.6) is 0 Å². The summed E-state index contributed by atoms with van der Waals surface area (Å²) in [5, 5.41) is 38.4. The number of guanidine groups is 1. The summed E-state index contributed by atoms with van der Waals surface area (Å²) >= 11 is 0. The number of aliphatic hydroxyl groups is 3. The largest absolute Gasteiger partial charge is 0.394 e. The van der Waals surface area contributed by atoms with Crippen molar-refractivity contribution in [2.24, 2.45) is 5.73 Å². The third-order valence-electron chi connectivity index (χ3n) is 2.06. The fraction of sp³-hybridized carbons (Fsp3) is 0.714. The molecule has 92 valence electrons. The fourth-order valence-electron chi connectivity index (χ4n) is 1.31. The Morgan fingerprint density at radius 2 is 2.06 bits per heavy atom. The molecule has 9 nitrogen and oxygen atoms in total. The van der Waals surface area contributed by atoms with Crippen molar-refractivity contribution in [2.45, 2.75) is 24.5 Å². The first kappa shape index (κ1) is 12.6. The first-order valence-corrected chi connectivity index (χ1v) is 4.49. The molecule has 1 unspecified atom stereocenters. The smallest absolute Gasteiger partial charge is 0.323 e. The van der Waals surface area contributed by atoms with Crippen LogP contribution in [-0.4, -0.2) is 58.5 Å². The molecule has 0 spiro atoms. The highest BCUT2D eigenvalue weighted by molar-refractivity contribution is 5.93. The van der Waals surface area contributed by atoms with Crippen LogP contribution in [0.2, 0.25) is 0 Å². The average Bonchev–Trinajstić information content (AvgIpc) is 2.44. The van der Waals surface area contributed by atoms with Gasteiger partial charge in [-0.1, -0.05) is 0 Å². The van der Waals surface area contributed by atoms with Crippen molar-refractivity contribution in [3.63, 3.8) is 0 Å². The van der Waals surface area contributed by atoms with E-state index in [1.165, 1.54) is 0 Å². The molecule has 16 heavy (non-hydrogen) atoms. The highest BCUT2D eigenvalue weighted by Crippen LogP contribution is 2.18. The molecule has 4 atom stereocenters. The number of nitrogens with two attached hydrogens (primary N) is 1. The Labute approximate surface area is 90.7 Å². The van der Waals surface area contributed by atoms with E-state index in [1.54, 1.807) is 0 Å². The van der Waals surface area contributed by atoms with E-state index in [1.807, 2.05) is 5.32 Å². The fourth-order valence-corrected chi connectivity index (χ4v) is 1.31. The zero-order valence-electron chi connectivity index (χ0n) is 8.25. The highest BCUT2D eigenvalue weighted by atomic mass is 16.6. The summed E-state index contributed by atoms with van der Waals surface area (Å²) in [7, 11) is 0. The number of amides is 2. The van der Waals surface area contributed by atoms with Gasteiger partial charge in [-0.05, 0) is 0 Å². The van der Waals surface area contributed by atoms with Crippen molar-refractivity contribution >= 4 is 12.0 Å². The molecule has 0 aromatic rings. The molecular weight excluding hydrogens is 220 g/mol. The third-order valence-corrected chi connectivity index (χ3v) is 2.06. The summed E-state index contributed by atoms with van der Waals surface area (Å²) in [6, 6.07) is -0.845. The maximum atomic E-state index is 11.1. The van der Waals surface area contributed by atoms with Crippen LogP contribution in [0.3, 0.4) is 0 Å². The molecule has 1 heterocycles. The number of hydrogen-bond donors (Lipinski definition) is 7. The summed E-state index contributed by atoms with van der Waals surface area (Å²) in [4.78, 5) is 11.1. The molecular formula is C7H14N4O5. The van der Waals surface area contributed by atoms with Crippen LogP contribution < -0.4 is 16.4 Å². The molecule has 0 radical (unpaired) electrons. The van der Waals surface area contributed by atoms with E-state index in [0.29, 0.717) is 0 Å². The monoisotopic (exact) mass is 234 g/mol. The molecule has 0 saturated carbocycles. The lowest BCUT2D eigenvalue weighted by atomic mass is 10.1. The summed E-state index contributed by atoms with van der Waals surface area (Å²) in [6.45, 7) is -0.481. The molecule has 0 aromatic heterocycles. The van der Waals surface area contributed by atoms with E-state index in [-0.39, 0.29) is 0 Å². The van der Waals surface area contributed by atoms with Crippen LogP contribution in [0.4, 0.5) is 4.79 Å². The lowest BCUT2D eigenvalue weighted by Gasteiger charge is -2.16. The summed E-state index contributed by atoms with van der Waals surface area (Å²) in [6.07, 6.45) is -4.76. The number of urea groups is 1. The number of carbonyl (C=O) groups is 1. The lowest BCUT2D eigenvalue weighted by Crippen LogP contribution is -2.50. The van der Waals surface area contributed by atoms with E-state index in [9.17, 15) is 15.0 Å². The number of rotatable bonds is 2. The van der Waals surface area contributed by atoms with Gasteiger partial charge >= 0.3 is 6.03 Å². The predicted octanol–water partition coefficient (Wildman–Crippen LogP) is -3.38. The van der Waals surface area contributed by atoms with E-state index in [4.69, 9.17) is 21.0 Å². The molecule has 2 amide bonds. The third kappa shape index (κ3) is 2.79. The number of hydrogen-bond acceptors (Lipinski definition) is 6. The van der Waals surface area contributed by atoms with Gasteiger partial charge < -0.3 is 31.1 Å². The summed E-state index contributed by atoms with van der Waals surface area (Å²) < 4.78 is 4.95. The molecule has 0 aromatic carbocycles. The summed E-state index contributed by atoms with van der Waals surface area (Å²) in [5.74, 6) is -0.566. The van der Waals surface area contributed by atoms with Crippen LogP contribution in [-0.2, 0) is 4.74 Å². The van der Waals surface area contributed by atoms with Gasteiger partial charge in [-0.2, -0.15) is 0 Å². The molecule has 1 saturated heterocycles. The quantitative estimate of drug-likeness (QED) is 0.195. The van der Waals surface area contributed by atoms with Gasteiger partial charge in [0.25, 0.3) is 0 Å². The van der Waals surface area contributed by atoms with Crippen LogP contribution in [0.1, 0.15) is 0 Å². The maximum absolute atomic E-state index is 11.1. The number of carbonyl (C=O) groups excluding carboxylic acids is 1. The molecule has 1 rings (SSSR count). The molecule has 8 N–H and O–H groups in total. The molecule has 0 aliphatic carbocycles. The first-order valence-electron chi connectivity index (χ1n) is 4.49. The molecule has 0 bridgehead atoms. The Bertz CT molecular complexity index is 286. The Morgan fingerprint density at radius 1 is 1.44 bits per heavy atom. The van der Waals surface area contributed by atoms with Crippen molar-refractivity contribution in [3.8, 4) is 0 Å². The van der Waals surface area contributed by atoms with Crippen molar-refractivity contribution < 1.29 is 24.9 Å². The second-order valence-corrected chi connectivity index (χ2v) is 3.27. The second-order valence-electron chi connectivity index (χ2n) is 3.27. The number of nitrogens with one attached hydrogen (secondary N) is 3. The zero-order chi connectivity index (χ0) is 12.3. The van der Waals surface area contributed by atoms with Gasteiger partial charge in [0, 0.05) is 0 Å². The minimum absolute atomic E-state index is 0.481. The standard InChI is InChI=1S/C7H14N4O5/c8-6(9)11-7(15)10-5-4(14)3(13)2(1-12)16-5/h2-5,12-14H,1H2,(H5,8,9,10,11,15)/t2-,3-,4-,5?/m1/s1. The average molecular weight is 234 g/mol. The van der Waals surface area contributed by atoms with Gasteiger partial charge in [0.15, 0.2) is 12.2 Å². The molecule has 1 aliphatic heterocycles. The van der Waals surface area contributed by atoms with Crippen LogP contribution >= 0.6 is 0 Å². The van der Waals surface area contributed by atoms with E-state index >= 15 is 0 Å². The van der Waals surface area contributed by atoms with Crippen molar-refractivity contribution in [2.75, 3.05) is 6.61 Å². The molecule has 1 aliphatic rings. The van der Waals surface area contributed by atoms with E-state index in [0.717, 1.165) is 0 Å². The van der Waals surface area contributed by atoms with Gasteiger partial charge in [0.05, 0.1) is 6.61 Å². The Balaban J connectivity index is 2.50. The second kappa shape index (κ2) is 5.07. The minimum Gasteiger partial charge on any atom is -0.394 e. The summed E-state index contributed by atoms with van der Waals surface area (Å²) in [5.41, 5.74) is 4.90. The number of aliphatic hydroxyl groups excluding tert-OH is 3. The van der Waals surface area contributed by atoms with Gasteiger partial charge in [-0.15, -0.1) is 0 Å². The topological polar surface area (TPSA) is 161 Å². The lowest BCUT2D eigenvalue weighted by molar-refractivity contribution is -0.0283. The van der Waals surface area contributed by atoms with Crippen molar-refractivity contribution in [1.82, 2.24) is 10.6 Å². The Kier molecular flexibility index (Phi) is 4.01. The van der Waals surface area contributed by atoms with Gasteiger partial charge in [-0.25, -0.2) is 4.79 Å². The minimum atomic E-state index is -1.35. The first-order chi connectivity index (χ1) is 7.45. The van der Waals surface area contributed by atoms with Crippen molar-refractivity contribution in [3.05, 3.63) is 0 Å². The highest BCUT2D eigenvalue weighted by Gasteiger charge is 2.43. The Morgan fingerprint density at radius 3 is 2.50 bits per heavy atom. The maximum Gasteiger partial charge on any atom is 0.323 e. The predicted molar refractivity (Wildman–Crippen MR) is 51.3 cm³/mol. The Hall–Kier alpha value is -1.42. The molecule has 1 fully saturated rings. The van der Waals surface area contributed by atoms with E-state index < -0.39 is 43.1 Å². The van der Waals surface area contributed by atoms with Crippen LogP contribution in [0, 0.1) is 5.41 Å². The van der Waals surface area contributed by atoms with Gasteiger partial charge in [0.1, 0.15) is 18.3 Å². The van der Waals surface area contributed by atoms with Crippen LogP contribution in [0.15, 0.2) is 0 Å². The normalized spacial score (nSPS) is 33.4. The number of ether oxygens (including phenoxy) is 1.